The van der Waals surface area contributed by atoms with Gasteiger partial charge in [0.25, 0.3) is 0 Å². The number of Topliss-reactive ketones (excluding diaryl/α,β-unsaturated/α-hetero) is 2. The van der Waals surface area contributed by atoms with Crippen LogP contribution in [0.15, 0.2) is 24.3 Å². The number of hydrogen-bond donors (Lipinski definition) is 3. The highest BCUT2D eigenvalue weighted by molar-refractivity contribution is 6.04. The van der Waals surface area contributed by atoms with Crippen molar-refractivity contribution in [2.75, 3.05) is 33.3 Å². The predicted molar refractivity (Wildman–Crippen MR) is 112 cm³/mol. The first-order chi connectivity index (χ1) is 13.8. The van der Waals surface area contributed by atoms with Crippen LogP contribution < -0.4 is 14.5 Å². The SMILES string of the molecule is COc1ccc(C[NH+]2CC[NH+]([C@H](C)C(=O)c3[nH]c(C)c(C(C)=O)c3C)CC2)cc1. The molecule has 1 saturated heterocycles. The van der Waals surface area contributed by atoms with Crippen molar-refractivity contribution in [2.45, 2.75) is 40.3 Å². The topological polar surface area (TPSA) is 68.0 Å². The van der Waals surface area contributed by atoms with Crippen LogP contribution in [0, 0.1) is 13.8 Å². The van der Waals surface area contributed by atoms with Gasteiger partial charge in [0.15, 0.2) is 11.8 Å². The summed E-state index contributed by atoms with van der Waals surface area (Å²) in [5, 5.41) is 0. The van der Waals surface area contributed by atoms with Crippen LogP contribution in [0.4, 0.5) is 0 Å². The predicted octanol–water partition coefficient (Wildman–Crippen LogP) is 0.398. The second-order valence-corrected chi connectivity index (χ2v) is 8.20. The Morgan fingerprint density at radius 2 is 1.72 bits per heavy atom. The zero-order valence-electron chi connectivity index (χ0n) is 18.1. The molecule has 2 heterocycles. The summed E-state index contributed by atoms with van der Waals surface area (Å²) >= 11 is 0. The van der Waals surface area contributed by atoms with Crippen LogP contribution in [-0.2, 0) is 6.54 Å². The quantitative estimate of drug-likeness (QED) is 0.591. The van der Waals surface area contributed by atoms with Gasteiger partial charge in [-0.15, -0.1) is 0 Å². The maximum atomic E-state index is 13.1. The molecule has 1 aromatic heterocycles. The first kappa shape index (κ1) is 21.3. The summed E-state index contributed by atoms with van der Waals surface area (Å²) in [6, 6.07) is 8.15. The summed E-state index contributed by atoms with van der Waals surface area (Å²) in [7, 11) is 1.68. The van der Waals surface area contributed by atoms with Gasteiger partial charge in [0.05, 0.1) is 12.8 Å². The summed E-state index contributed by atoms with van der Waals surface area (Å²) in [5.41, 5.74) is 4.14. The highest BCUT2D eigenvalue weighted by Crippen LogP contribution is 2.19. The molecule has 0 saturated carbocycles. The maximum Gasteiger partial charge on any atom is 0.235 e. The number of quaternary nitrogens is 2. The van der Waals surface area contributed by atoms with Crippen LogP contribution in [0.1, 0.15) is 51.5 Å². The molecule has 1 atom stereocenters. The van der Waals surface area contributed by atoms with E-state index in [0.717, 1.165) is 49.7 Å². The highest BCUT2D eigenvalue weighted by Gasteiger charge is 2.33. The fourth-order valence-corrected chi connectivity index (χ4v) is 4.49. The molecule has 29 heavy (non-hydrogen) atoms. The lowest BCUT2D eigenvalue weighted by molar-refractivity contribution is -1.02. The number of aromatic nitrogens is 1. The van der Waals surface area contributed by atoms with Gasteiger partial charge in [-0.1, -0.05) is 0 Å². The van der Waals surface area contributed by atoms with Gasteiger partial charge in [-0.25, -0.2) is 0 Å². The van der Waals surface area contributed by atoms with Crippen molar-refractivity contribution >= 4 is 11.6 Å². The molecule has 1 aliphatic rings. The standard InChI is InChI=1S/C23H31N3O3/c1-15-21(18(4)27)16(2)24-22(15)23(28)17(3)26-12-10-25(11-13-26)14-19-6-8-20(29-5)9-7-19/h6-9,17,24H,10-14H2,1-5H3/p+2/t17-/m1/s1. The number of benzene rings is 1. The van der Waals surface area contributed by atoms with Gasteiger partial charge >= 0.3 is 0 Å². The summed E-state index contributed by atoms with van der Waals surface area (Å²) in [4.78, 5) is 31.0. The number of methoxy groups -OCH3 is 1. The van der Waals surface area contributed by atoms with Crippen molar-refractivity contribution in [1.29, 1.82) is 0 Å². The van der Waals surface area contributed by atoms with Gasteiger partial charge in [0.2, 0.25) is 5.78 Å². The molecule has 1 aliphatic heterocycles. The van der Waals surface area contributed by atoms with Crippen molar-refractivity contribution in [1.82, 2.24) is 4.98 Å². The van der Waals surface area contributed by atoms with Crippen LogP contribution in [0.25, 0.3) is 0 Å². The summed E-state index contributed by atoms with van der Waals surface area (Å²) in [6.45, 7) is 12.3. The number of ether oxygens (including phenoxy) is 1. The van der Waals surface area contributed by atoms with E-state index < -0.39 is 0 Å². The van der Waals surface area contributed by atoms with Gasteiger partial charge < -0.3 is 19.5 Å². The van der Waals surface area contributed by atoms with Crippen LogP contribution in [-0.4, -0.2) is 55.9 Å². The van der Waals surface area contributed by atoms with E-state index in [1.807, 2.05) is 32.9 Å². The first-order valence-corrected chi connectivity index (χ1v) is 10.4. The molecule has 6 heteroatoms. The molecule has 0 bridgehead atoms. The fraction of sp³-hybridized carbons (Fsp3) is 0.478. The molecular formula is C23H33N3O3+2. The molecule has 0 amide bonds. The minimum Gasteiger partial charge on any atom is -0.497 e. The van der Waals surface area contributed by atoms with E-state index >= 15 is 0 Å². The number of rotatable bonds is 7. The number of piperazine rings is 1. The Morgan fingerprint density at radius 3 is 2.24 bits per heavy atom. The Hall–Kier alpha value is -2.44. The van der Waals surface area contributed by atoms with Gasteiger partial charge in [-0.3, -0.25) is 9.59 Å². The summed E-state index contributed by atoms with van der Waals surface area (Å²) in [5.74, 6) is 0.992. The van der Waals surface area contributed by atoms with Crippen LogP contribution in [0.2, 0.25) is 0 Å². The Bertz CT molecular complexity index is 878. The number of H-pyrrole nitrogens is 1. The Morgan fingerprint density at radius 1 is 1.10 bits per heavy atom. The number of hydrogen-bond acceptors (Lipinski definition) is 3. The van der Waals surface area contributed by atoms with Crippen molar-refractivity contribution in [3.63, 3.8) is 0 Å². The van der Waals surface area contributed by atoms with Gasteiger partial charge in [-0.05, 0) is 57.5 Å². The lowest BCUT2D eigenvalue weighted by atomic mass is 10.0. The number of carbonyl (C=O) groups excluding carboxylic acids is 2. The zero-order chi connectivity index (χ0) is 21.1. The summed E-state index contributed by atoms with van der Waals surface area (Å²) in [6.07, 6.45) is 0. The average Bonchev–Trinajstić information content (AvgIpc) is 3.02. The minimum atomic E-state index is -0.117. The molecule has 1 fully saturated rings. The number of aryl methyl sites for hydroxylation is 1. The third-order valence-electron chi connectivity index (χ3n) is 6.25. The number of carbonyl (C=O) groups is 2. The van der Waals surface area contributed by atoms with E-state index in [-0.39, 0.29) is 17.6 Å². The smallest absolute Gasteiger partial charge is 0.235 e. The second-order valence-electron chi connectivity index (χ2n) is 8.20. The monoisotopic (exact) mass is 399 g/mol. The molecule has 0 spiro atoms. The molecule has 0 radical (unpaired) electrons. The second kappa shape index (κ2) is 8.93. The van der Waals surface area contributed by atoms with E-state index in [1.54, 1.807) is 18.9 Å². The third-order valence-corrected chi connectivity index (χ3v) is 6.25. The molecule has 0 unspecified atom stereocenters. The van der Waals surface area contributed by atoms with Crippen molar-refractivity contribution in [3.8, 4) is 5.75 Å². The van der Waals surface area contributed by atoms with Crippen LogP contribution in [0.5, 0.6) is 5.75 Å². The number of nitrogens with one attached hydrogen (secondary N) is 3. The first-order valence-electron chi connectivity index (χ1n) is 10.4. The Kier molecular flexibility index (Phi) is 6.55. The average molecular weight is 400 g/mol. The van der Waals surface area contributed by atoms with Crippen LogP contribution >= 0.6 is 0 Å². The summed E-state index contributed by atoms with van der Waals surface area (Å²) < 4.78 is 5.23. The fourth-order valence-electron chi connectivity index (χ4n) is 4.49. The molecule has 3 rings (SSSR count). The van der Waals surface area contributed by atoms with Crippen molar-refractivity contribution in [2.24, 2.45) is 0 Å². The molecular weight excluding hydrogens is 366 g/mol. The van der Waals surface area contributed by atoms with E-state index in [9.17, 15) is 9.59 Å². The van der Waals surface area contributed by atoms with Gasteiger partial charge in [0.1, 0.15) is 38.5 Å². The van der Waals surface area contributed by atoms with E-state index in [0.29, 0.717) is 11.3 Å². The number of aromatic amines is 1. The normalized spacial score (nSPS) is 20.3. The molecule has 2 aromatic rings. The zero-order valence-corrected chi connectivity index (χ0v) is 18.1. The van der Waals surface area contributed by atoms with Crippen molar-refractivity contribution < 1.29 is 24.1 Å². The maximum absolute atomic E-state index is 13.1. The molecule has 3 N–H and O–H groups in total. The van der Waals surface area contributed by atoms with Crippen LogP contribution in [0.3, 0.4) is 0 Å². The highest BCUT2D eigenvalue weighted by atomic mass is 16.5. The Labute approximate surface area is 172 Å². The lowest BCUT2D eigenvalue weighted by Crippen LogP contribution is -3.29. The van der Waals surface area contributed by atoms with E-state index in [1.165, 1.54) is 10.5 Å². The lowest BCUT2D eigenvalue weighted by Gasteiger charge is -2.32. The number of ketones is 2. The van der Waals surface area contributed by atoms with Gasteiger partial charge in [-0.2, -0.15) is 0 Å². The molecule has 6 nitrogen and oxygen atoms in total. The molecule has 1 aromatic carbocycles. The minimum absolute atomic E-state index is 0.00560. The Balaban J connectivity index is 1.59. The molecule has 0 aliphatic carbocycles. The molecule has 156 valence electrons. The third kappa shape index (κ3) is 4.60. The van der Waals surface area contributed by atoms with E-state index in [4.69, 9.17) is 4.74 Å². The van der Waals surface area contributed by atoms with Gasteiger partial charge in [0, 0.05) is 16.8 Å². The van der Waals surface area contributed by atoms with Crippen molar-refractivity contribution in [3.05, 3.63) is 52.3 Å². The largest absolute Gasteiger partial charge is 0.497 e. The van der Waals surface area contributed by atoms with E-state index in [2.05, 4.69) is 17.1 Å².